The predicted molar refractivity (Wildman–Crippen MR) is 96.1 cm³/mol. The van der Waals surface area contributed by atoms with Crippen LogP contribution in [-0.4, -0.2) is 32.1 Å². The first-order valence-corrected chi connectivity index (χ1v) is 8.45. The van der Waals surface area contributed by atoms with Crippen LogP contribution in [0.4, 0.5) is 0 Å². The van der Waals surface area contributed by atoms with E-state index in [1.54, 1.807) is 11.0 Å². The van der Waals surface area contributed by atoms with Gasteiger partial charge in [-0.2, -0.15) is 5.26 Å². The fourth-order valence-electron chi connectivity index (χ4n) is 3.37. The molecule has 1 aliphatic rings. The van der Waals surface area contributed by atoms with Gasteiger partial charge in [-0.15, -0.1) is 10.2 Å². The maximum Gasteiger partial charge on any atom is 0.254 e. The molecule has 6 heteroatoms. The molecule has 26 heavy (non-hydrogen) atoms. The van der Waals surface area contributed by atoms with Gasteiger partial charge in [0.15, 0.2) is 5.82 Å². The van der Waals surface area contributed by atoms with E-state index >= 15 is 0 Å². The lowest BCUT2D eigenvalue weighted by Crippen LogP contribution is -2.38. The third kappa shape index (κ3) is 2.64. The minimum atomic E-state index is -0.0553. The highest BCUT2D eigenvalue weighted by Gasteiger charge is 2.26. The first-order chi connectivity index (χ1) is 12.7. The molecule has 3 aromatic rings. The van der Waals surface area contributed by atoms with Crippen LogP contribution < -0.4 is 0 Å². The van der Waals surface area contributed by atoms with Crippen LogP contribution in [0.3, 0.4) is 0 Å². The molecular weight excluding hydrogens is 326 g/mol. The summed E-state index contributed by atoms with van der Waals surface area (Å²) in [6.45, 7) is 3.66. The number of nitriles is 1. The number of rotatable bonds is 2. The number of benzene rings is 2. The molecule has 0 spiro atoms. The number of aromatic nitrogens is 3. The summed E-state index contributed by atoms with van der Waals surface area (Å²) in [4.78, 5) is 15.0. The fraction of sp³-hybridized carbons (Fsp3) is 0.200. The Balaban J connectivity index is 1.71. The van der Waals surface area contributed by atoms with Gasteiger partial charge in [-0.25, -0.2) is 0 Å². The van der Waals surface area contributed by atoms with E-state index < -0.39 is 0 Å². The summed E-state index contributed by atoms with van der Waals surface area (Å²) in [7, 11) is 0. The molecule has 1 aliphatic heterocycles. The van der Waals surface area contributed by atoms with E-state index in [0.29, 0.717) is 30.8 Å². The van der Waals surface area contributed by atoms with Crippen LogP contribution in [0.25, 0.3) is 11.1 Å². The zero-order chi connectivity index (χ0) is 18.1. The van der Waals surface area contributed by atoms with Gasteiger partial charge in [0.05, 0.1) is 18.2 Å². The van der Waals surface area contributed by atoms with Crippen molar-refractivity contribution < 1.29 is 4.79 Å². The SMILES string of the molecule is Cc1nnc2n1CCN(C(=O)c1ccccc1-c1ccccc1C#N)C2. The van der Waals surface area contributed by atoms with Gasteiger partial charge < -0.3 is 9.47 Å². The quantitative estimate of drug-likeness (QED) is 0.717. The second kappa shape index (κ2) is 6.45. The minimum absolute atomic E-state index is 0.0553. The molecule has 4 rings (SSSR count). The molecule has 0 aliphatic carbocycles. The van der Waals surface area contributed by atoms with E-state index in [-0.39, 0.29) is 5.91 Å². The Morgan fingerprint density at radius 1 is 1.04 bits per heavy atom. The number of nitrogens with zero attached hydrogens (tertiary/aromatic N) is 5. The summed E-state index contributed by atoms with van der Waals surface area (Å²) in [5.41, 5.74) is 2.70. The predicted octanol–water partition coefficient (Wildman–Crippen LogP) is 2.78. The van der Waals surface area contributed by atoms with Crippen molar-refractivity contribution in [3.05, 3.63) is 71.3 Å². The third-order valence-electron chi connectivity index (χ3n) is 4.72. The summed E-state index contributed by atoms with van der Waals surface area (Å²) >= 11 is 0. The molecule has 0 bridgehead atoms. The second-order valence-electron chi connectivity index (χ2n) is 6.24. The molecule has 6 nitrogen and oxygen atoms in total. The Hall–Kier alpha value is -3.46. The smallest absolute Gasteiger partial charge is 0.254 e. The number of carbonyl (C=O) groups excluding carboxylic acids is 1. The number of hydrogen-bond acceptors (Lipinski definition) is 4. The van der Waals surface area contributed by atoms with Crippen LogP contribution in [0.2, 0.25) is 0 Å². The van der Waals surface area contributed by atoms with E-state index in [2.05, 4.69) is 16.3 Å². The van der Waals surface area contributed by atoms with Gasteiger partial charge in [-0.1, -0.05) is 36.4 Å². The molecule has 1 amide bonds. The normalized spacial score (nSPS) is 13.2. The molecule has 0 fully saturated rings. The van der Waals surface area contributed by atoms with Gasteiger partial charge in [0.1, 0.15) is 5.82 Å². The van der Waals surface area contributed by atoms with Gasteiger partial charge >= 0.3 is 0 Å². The Kier molecular flexibility index (Phi) is 3.98. The number of amides is 1. The summed E-state index contributed by atoms with van der Waals surface area (Å²) in [5.74, 6) is 1.62. The van der Waals surface area contributed by atoms with Crippen molar-refractivity contribution in [2.75, 3.05) is 6.54 Å². The molecule has 128 valence electrons. The van der Waals surface area contributed by atoms with Crippen LogP contribution in [0.15, 0.2) is 48.5 Å². The lowest BCUT2D eigenvalue weighted by atomic mass is 9.95. The maximum atomic E-state index is 13.2. The Labute approximate surface area is 151 Å². The molecule has 0 unspecified atom stereocenters. The molecule has 1 aromatic heterocycles. The summed E-state index contributed by atoms with van der Waals surface area (Å²) in [6.07, 6.45) is 0. The van der Waals surface area contributed by atoms with Gasteiger partial charge in [0.25, 0.3) is 5.91 Å². The van der Waals surface area contributed by atoms with Crippen molar-refractivity contribution in [2.45, 2.75) is 20.0 Å². The lowest BCUT2D eigenvalue weighted by molar-refractivity contribution is 0.0707. The summed E-state index contributed by atoms with van der Waals surface area (Å²) in [5, 5.41) is 17.7. The third-order valence-corrected chi connectivity index (χ3v) is 4.72. The Bertz CT molecular complexity index is 1030. The van der Waals surface area contributed by atoms with Crippen molar-refractivity contribution in [1.29, 1.82) is 5.26 Å². The molecule has 0 N–H and O–H groups in total. The first kappa shape index (κ1) is 16.0. The monoisotopic (exact) mass is 343 g/mol. The van der Waals surface area contributed by atoms with Gasteiger partial charge in [0.2, 0.25) is 0 Å². The number of hydrogen-bond donors (Lipinski definition) is 0. The Morgan fingerprint density at radius 3 is 2.58 bits per heavy atom. The molecule has 2 heterocycles. The largest absolute Gasteiger partial charge is 0.329 e. The highest BCUT2D eigenvalue weighted by molar-refractivity contribution is 6.01. The highest BCUT2D eigenvalue weighted by atomic mass is 16.2. The van der Waals surface area contributed by atoms with Crippen LogP contribution in [0.1, 0.15) is 27.6 Å². The number of fused-ring (bicyclic) bond motifs is 1. The van der Waals surface area contributed by atoms with E-state index in [1.165, 1.54) is 0 Å². The van der Waals surface area contributed by atoms with Crippen molar-refractivity contribution in [3.63, 3.8) is 0 Å². The number of carbonyl (C=O) groups is 1. The highest BCUT2D eigenvalue weighted by Crippen LogP contribution is 2.28. The standard InChI is InChI=1S/C20H17N5O/c1-14-22-23-19-13-24(10-11-25(14)19)20(26)18-9-5-4-8-17(18)16-7-3-2-6-15(16)12-21/h2-9H,10-11,13H2,1H3. The van der Waals surface area contributed by atoms with Crippen molar-refractivity contribution >= 4 is 5.91 Å². The maximum absolute atomic E-state index is 13.2. The first-order valence-electron chi connectivity index (χ1n) is 8.45. The fourth-order valence-corrected chi connectivity index (χ4v) is 3.37. The van der Waals surface area contributed by atoms with Crippen molar-refractivity contribution in [1.82, 2.24) is 19.7 Å². The van der Waals surface area contributed by atoms with Crippen LogP contribution in [-0.2, 0) is 13.1 Å². The van der Waals surface area contributed by atoms with E-state index in [1.807, 2.05) is 54.0 Å². The van der Waals surface area contributed by atoms with Crippen LogP contribution in [0, 0.1) is 18.3 Å². The van der Waals surface area contributed by atoms with Crippen LogP contribution in [0.5, 0.6) is 0 Å². The molecule has 2 aromatic carbocycles. The average Bonchev–Trinajstić information content (AvgIpc) is 3.07. The van der Waals surface area contributed by atoms with Gasteiger partial charge in [-0.3, -0.25) is 4.79 Å². The average molecular weight is 343 g/mol. The summed E-state index contributed by atoms with van der Waals surface area (Å²) < 4.78 is 2.04. The molecule has 0 atom stereocenters. The van der Waals surface area contributed by atoms with Crippen molar-refractivity contribution in [2.24, 2.45) is 0 Å². The van der Waals surface area contributed by atoms with E-state index in [4.69, 9.17) is 0 Å². The van der Waals surface area contributed by atoms with Crippen LogP contribution >= 0.6 is 0 Å². The van der Waals surface area contributed by atoms with Gasteiger partial charge in [-0.05, 0) is 24.6 Å². The zero-order valence-electron chi connectivity index (χ0n) is 14.4. The molecule has 0 saturated heterocycles. The number of aryl methyl sites for hydroxylation is 1. The van der Waals surface area contributed by atoms with Crippen molar-refractivity contribution in [3.8, 4) is 17.2 Å². The van der Waals surface area contributed by atoms with Gasteiger partial charge in [0, 0.05) is 24.2 Å². The Morgan fingerprint density at radius 2 is 1.77 bits per heavy atom. The summed E-state index contributed by atoms with van der Waals surface area (Å²) in [6, 6.07) is 17.0. The topological polar surface area (TPSA) is 74.8 Å². The lowest BCUT2D eigenvalue weighted by Gasteiger charge is -2.28. The molecule has 0 radical (unpaired) electrons. The minimum Gasteiger partial charge on any atom is -0.329 e. The zero-order valence-corrected chi connectivity index (χ0v) is 14.4. The van der Waals surface area contributed by atoms with E-state index in [9.17, 15) is 10.1 Å². The van der Waals surface area contributed by atoms with E-state index in [0.717, 1.165) is 22.8 Å². The molecule has 0 saturated carbocycles. The second-order valence-corrected chi connectivity index (χ2v) is 6.24. The molecular formula is C20H17N5O.